The Morgan fingerprint density at radius 1 is 0.960 bits per heavy atom. The van der Waals surface area contributed by atoms with Crippen LogP contribution in [0.4, 0.5) is 5.95 Å². The van der Waals surface area contributed by atoms with Crippen molar-refractivity contribution in [1.82, 2.24) is 24.7 Å². The smallest absolute Gasteiger partial charge is 0.225 e. The summed E-state index contributed by atoms with van der Waals surface area (Å²) in [5.41, 5.74) is 0. The summed E-state index contributed by atoms with van der Waals surface area (Å²) in [5, 5.41) is 0. The van der Waals surface area contributed by atoms with E-state index in [0.717, 1.165) is 77.7 Å². The van der Waals surface area contributed by atoms with Crippen LogP contribution < -0.4 is 4.90 Å². The van der Waals surface area contributed by atoms with Crippen molar-refractivity contribution in [2.24, 2.45) is 0 Å². The Morgan fingerprint density at radius 3 is 2.44 bits per heavy atom. The number of rotatable bonds is 5. The molecule has 3 saturated heterocycles. The predicted octanol–water partition coefficient (Wildman–Crippen LogP) is 0.295. The topological polar surface area (TPSA) is 55.8 Å². The third-order valence-electron chi connectivity index (χ3n) is 5.71. The highest BCUT2D eigenvalue weighted by Gasteiger charge is 2.34. The maximum Gasteiger partial charge on any atom is 0.225 e. The standard InChI is InChI=1S/C18H28N6O/c25-17-4-1-2-7-23(17)9-8-21-14-16(15-21)22-10-12-24(13-11-22)18-19-5-3-6-20-18/h3,5-6,16H,1-2,4,7-15H2. The molecule has 25 heavy (non-hydrogen) atoms. The number of anilines is 1. The highest BCUT2D eigenvalue weighted by Crippen LogP contribution is 2.19. The van der Waals surface area contributed by atoms with Crippen LogP contribution in [0, 0.1) is 0 Å². The lowest BCUT2D eigenvalue weighted by Crippen LogP contribution is -2.64. The summed E-state index contributed by atoms with van der Waals surface area (Å²) in [7, 11) is 0. The maximum atomic E-state index is 11.9. The van der Waals surface area contributed by atoms with Crippen LogP contribution in [-0.2, 0) is 4.79 Å². The van der Waals surface area contributed by atoms with Gasteiger partial charge in [-0.25, -0.2) is 9.97 Å². The van der Waals surface area contributed by atoms with E-state index in [1.54, 1.807) is 0 Å². The molecule has 0 aromatic carbocycles. The molecule has 4 rings (SSSR count). The summed E-state index contributed by atoms with van der Waals surface area (Å²) >= 11 is 0. The van der Waals surface area contributed by atoms with Crippen molar-refractivity contribution in [3.8, 4) is 0 Å². The van der Waals surface area contributed by atoms with Gasteiger partial charge >= 0.3 is 0 Å². The Morgan fingerprint density at radius 2 is 1.72 bits per heavy atom. The van der Waals surface area contributed by atoms with Gasteiger partial charge in [0.1, 0.15) is 0 Å². The Labute approximate surface area is 149 Å². The van der Waals surface area contributed by atoms with Gasteiger partial charge in [-0.1, -0.05) is 0 Å². The number of hydrogen-bond donors (Lipinski definition) is 0. The Bertz CT molecular complexity index is 568. The summed E-state index contributed by atoms with van der Waals surface area (Å²) in [4.78, 5) is 30.0. The van der Waals surface area contributed by atoms with Crippen LogP contribution in [0.25, 0.3) is 0 Å². The number of carbonyl (C=O) groups excluding carboxylic acids is 1. The van der Waals surface area contributed by atoms with E-state index in [2.05, 4.69) is 29.6 Å². The van der Waals surface area contributed by atoms with E-state index in [4.69, 9.17) is 0 Å². The van der Waals surface area contributed by atoms with Gasteiger partial charge in [0.15, 0.2) is 0 Å². The van der Waals surface area contributed by atoms with Crippen molar-refractivity contribution >= 4 is 11.9 Å². The molecule has 0 N–H and O–H groups in total. The SMILES string of the molecule is O=C1CCCCN1CCN1CC(N2CCN(c3ncccn3)CC2)C1. The summed E-state index contributed by atoms with van der Waals surface area (Å²) in [6.07, 6.45) is 6.61. The second kappa shape index (κ2) is 7.66. The zero-order chi connectivity index (χ0) is 17.1. The fraction of sp³-hybridized carbons (Fsp3) is 0.722. The summed E-state index contributed by atoms with van der Waals surface area (Å²) < 4.78 is 0. The zero-order valence-electron chi connectivity index (χ0n) is 14.9. The van der Waals surface area contributed by atoms with E-state index >= 15 is 0 Å². The number of aromatic nitrogens is 2. The number of piperidine rings is 1. The van der Waals surface area contributed by atoms with Crippen molar-refractivity contribution in [3.63, 3.8) is 0 Å². The quantitative estimate of drug-likeness (QED) is 0.766. The van der Waals surface area contributed by atoms with Gasteiger partial charge in [0.2, 0.25) is 11.9 Å². The minimum absolute atomic E-state index is 0.350. The van der Waals surface area contributed by atoms with Crippen molar-refractivity contribution in [1.29, 1.82) is 0 Å². The molecule has 3 aliphatic rings. The first-order valence-corrected chi connectivity index (χ1v) is 9.56. The Hall–Kier alpha value is -1.73. The first-order valence-electron chi connectivity index (χ1n) is 9.56. The van der Waals surface area contributed by atoms with Crippen molar-refractivity contribution in [2.45, 2.75) is 25.3 Å². The molecule has 0 radical (unpaired) electrons. The molecule has 0 spiro atoms. The largest absolute Gasteiger partial charge is 0.341 e. The summed E-state index contributed by atoms with van der Waals surface area (Å²) in [6.45, 7) is 9.35. The molecule has 1 aromatic rings. The zero-order valence-corrected chi connectivity index (χ0v) is 14.9. The van der Waals surface area contributed by atoms with Gasteiger partial charge in [-0.05, 0) is 18.9 Å². The number of carbonyl (C=O) groups is 1. The number of amides is 1. The molecule has 1 amide bonds. The van der Waals surface area contributed by atoms with Crippen molar-refractivity contribution in [3.05, 3.63) is 18.5 Å². The number of piperazine rings is 1. The van der Waals surface area contributed by atoms with Gasteiger partial charge in [-0.2, -0.15) is 0 Å². The monoisotopic (exact) mass is 344 g/mol. The summed E-state index contributed by atoms with van der Waals surface area (Å²) in [6, 6.07) is 2.54. The van der Waals surface area contributed by atoms with Gasteiger partial charge in [-0.3, -0.25) is 14.6 Å². The molecule has 0 saturated carbocycles. The van der Waals surface area contributed by atoms with Gasteiger partial charge < -0.3 is 9.80 Å². The lowest BCUT2D eigenvalue weighted by atomic mass is 10.1. The fourth-order valence-corrected chi connectivity index (χ4v) is 4.06. The second-order valence-electron chi connectivity index (χ2n) is 7.32. The van der Waals surface area contributed by atoms with Gasteiger partial charge in [0.25, 0.3) is 0 Å². The second-order valence-corrected chi connectivity index (χ2v) is 7.32. The Balaban J connectivity index is 1.16. The number of likely N-dealkylation sites (tertiary alicyclic amines) is 2. The maximum absolute atomic E-state index is 11.9. The molecule has 4 heterocycles. The fourth-order valence-electron chi connectivity index (χ4n) is 4.06. The average molecular weight is 344 g/mol. The molecule has 0 atom stereocenters. The lowest BCUT2D eigenvalue weighted by Gasteiger charge is -2.48. The Kier molecular flexibility index (Phi) is 5.12. The van der Waals surface area contributed by atoms with Gasteiger partial charge in [-0.15, -0.1) is 0 Å². The van der Waals surface area contributed by atoms with E-state index < -0.39 is 0 Å². The normalized spacial score (nSPS) is 23.8. The third-order valence-corrected chi connectivity index (χ3v) is 5.71. The molecule has 7 heteroatoms. The first kappa shape index (κ1) is 16.7. The van der Waals surface area contributed by atoms with E-state index in [9.17, 15) is 4.79 Å². The highest BCUT2D eigenvalue weighted by atomic mass is 16.2. The van der Waals surface area contributed by atoms with Crippen LogP contribution in [0.2, 0.25) is 0 Å². The van der Waals surface area contributed by atoms with E-state index in [1.165, 1.54) is 6.42 Å². The van der Waals surface area contributed by atoms with Crippen LogP contribution in [0.3, 0.4) is 0 Å². The molecule has 0 bridgehead atoms. The van der Waals surface area contributed by atoms with Crippen molar-refractivity contribution < 1.29 is 4.79 Å². The molecule has 3 fully saturated rings. The van der Waals surface area contributed by atoms with Crippen LogP contribution in [0.15, 0.2) is 18.5 Å². The molecular formula is C18H28N6O. The van der Waals surface area contributed by atoms with E-state index in [1.807, 2.05) is 18.5 Å². The highest BCUT2D eigenvalue weighted by molar-refractivity contribution is 5.76. The molecule has 136 valence electrons. The van der Waals surface area contributed by atoms with Crippen LogP contribution in [0.1, 0.15) is 19.3 Å². The predicted molar refractivity (Wildman–Crippen MR) is 96.5 cm³/mol. The molecule has 0 aliphatic carbocycles. The van der Waals surface area contributed by atoms with E-state index in [-0.39, 0.29) is 0 Å². The third kappa shape index (κ3) is 3.93. The van der Waals surface area contributed by atoms with Crippen LogP contribution >= 0.6 is 0 Å². The van der Waals surface area contributed by atoms with Gasteiger partial charge in [0.05, 0.1) is 0 Å². The number of nitrogens with zero attached hydrogens (tertiary/aromatic N) is 6. The minimum Gasteiger partial charge on any atom is -0.341 e. The lowest BCUT2D eigenvalue weighted by molar-refractivity contribution is -0.133. The molecule has 0 unspecified atom stereocenters. The number of hydrogen-bond acceptors (Lipinski definition) is 6. The van der Waals surface area contributed by atoms with Crippen LogP contribution in [0.5, 0.6) is 0 Å². The molecule has 7 nitrogen and oxygen atoms in total. The summed E-state index contributed by atoms with van der Waals surface area (Å²) in [5.74, 6) is 1.20. The average Bonchev–Trinajstić information content (AvgIpc) is 2.63. The van der Waals surface area contributed by atoms with Crippen molar-refractivity contribution in [2.75, 3.05) is 63.8 Å². The first-order chi connectivity index (χ1) is 12.3. The molecular weight excluding hydrogens is 316 g/mol. The molecule has 1 aromatic heterocycles. The minimum atomic E-state index is 0.350. The van der Waals surface area contributed by atoms with Gasteiger partial charge in [0, 0.05) is 83.8 Å². The van der Waals surface area contributed by atoms with Crippen LogP contribution in [-0.4, -0.2) is 95.5 Å². The van der Waals surface area contributed by atoms with E-state index in [0.29, 0.717) is 11.9 Å². The molecule has 3 aliphatic heterocycles.